The van der Waals surface area contributed by atoms with Gasteiger partial charge in [-0.2, -0.15) is 0 Å². The summed E-state index contributed by atoms with van der Waals surface area (Å²) in [7, 11) is 0. The molecular weight excluding hydrogens is 538 g/mol. The number of nitrogens with one attached hydrogen (secondary N) is 2. The minimum absolute atomic E-state index is 0.0401. The first kappa shape index (κ1) is 27.9. The first-order chi connectivity index (χ1) is 18.8. The van der Waals surface area contributed by atoms with Crippen LogP contribution in [-0.2, 0) is 11.2 Å². The molecule has 1 heterocycles. The number of amides is 2. The van der Waals surface area contributed by atoms with Crippen molar-refractivity contribution < 1.29 is 24.2 Å². The van der Waals surface area contributed by atoms with Crippen LogP contribution < -0.4 is 15.4 Å². The van der Waals surface area contributed by atoms with Crippen molar-refractivity contribution in [3.05, 3.63) is 101 Å². The topological polar surface area (TPSA) is 118 Å². The van der Waals surface area contributed by atoms with Crippen molar-refractivity contribution in [1.29, 1.82) is 0 Å². The predicted octanol–water partition coefficient (Wildman–Crippen LogP) is 5.50. The average Bonchev–Trinajstić information content (AvgIpc) is 2.91. The molecule has 0 fully saturated rings. The number of aliphatic carboxylic acids is 1. The highest BCUT2D eigenvalue weighted by Gasteiger charge is 2.22. The van der Waals surface area contributed by atoms with E-state index in [4.69, 9.17) is 16.3 Å². The lowest BCUT2D eigenvalue weighted by atomic mass is 10.1. The van der Waals surface area contributed by atoms with Gasteiger partial charge in [0.25, 0.3) is 5.91 Å². The van der Waals surface area contributed by atoms with Crippen molar-refractivity contribution in [3.8, 4) is 5.75 Å². The van der Waals surface area contributed by atoms with Gasteiger partial charge in [-0.15, -0.1) is 11.8 Å². The Labute approximate surface area is 234 Å². The Morgan fingerprint density at radius 3 is 2.49 bits per heavy atom. The highest BCUT2D eigenvalue weighted by Crippen LogP contribution is 2.27. The van der Waals surface area contributed by atoms with Gasteiger partial charge in [0.15, 0.2) is 0 Å². The zero-order valence-corrected chi connectivity index (χ0v) is 22.6. The Morgan fingerprint density at radius 2 is 1.74 bits per heavy atom. The first-order valence-electron chi connectivity index (χ1n) is 12.1. The van der Waals surface area contributed by atoms with E-state index in [1.807, 2.05) is 37.3 Å². The van der Waals surface area contributed by atoms with E-state index in [0.717, 1.165) is 21.5 Å². The van der Waals surface area contributed by atoms with Crippen molar-refractivity contribution in [2.24, 2.45) is 0 Å². The predicted molar refractivity (Wildman–Crippen MR) is 152 cm³/mol. The SMILES string of the molecule is Cc1cc(SCCNC(=O)Oc2ccc(C[C@H](NC(=O)c3ccccc3Cl)C(=O)O)cc2)c2ccccc2n1. The molecular formula is C29H26ClN3O5S. The van der Waals surface area contributed by atoms with Crippen LogP contribution in [-0.4, -0.2) is 46.4 Å². The van der Waals surface area contributed by atoms with Gasteiger partial charge in [0.05, 0.1) is 16.1 Å². The first-order valence-corrected chi connectivity index (χ1v) is 13.5. The van der Waals surface area contributed by atoms with Gasteiger partial charge >= 0.3 is 12.1 Å². The number of para-hydroxylation sites is 1. The van der Waals surface area contributed by atoms with E-state index in [1.165, 1.54) is 6.07 Å². The minimum atomic E-state index is -1.18. The van der Waals surface area contributed by atoms with Crippen LogP contribution in [0, 0.1) is 6.92 Å². The second-order valence-electron chi connectivity index (χ2n) is 8.64. The largest absolute Gasteiger partial charge is 0.480 e. The molecule has 0 spiro atoms. The molecule has 1 aromatic heterocycles. The molecule has 10 heteroatoms. The van der Waals surface area contributed by atoms with Gasteiger partial charge in [-0.3, -0.25) is 9.78 Å². The number of carboxylic acid groups (broad SMARTS) is 1. The molecule has 3 N–H and O–H groups in total. The van der Waals surface area contributed by atoms with Crippen LogP contribution in [0.1, 0.15) is 21.6 Å². The van der Waals surface area contributed by atoms with Crippen LogP contribution in [0.15, 0.2) is 83.8 Å². The number of carbonyl (C=O) groups is 3. The van der Waals surface area contributed by atoms with Crippen LogP contribution in [0.5, 0.6) is 5.75 Å². The van der Waals surface area contributed by atoms with Crippen LogP contribution in [0.2, 0.25) is 5.02 Å². The van der Waals surface area contributed by atoms with Crippen LogP contribution in [0.3, 0.4) is 0 Å². The number of rotatable bonds is 10. The van der Waals surface area contributed by atoms with E-state index in [-0.39, 0.29) is 17.0 Å². The Kier molecular flexibility index (Phi) is 9.40. The molecule has 0 saturated heterocycles. The fraction of sp³-hybridized carbons (Fsp3) is 0.172. The lowest BCUT2D eigenvalue weighted by Crippen LogP contribution is -2.42. The van der Waals surface area contributed by atoms with E-state index < -0.39 is 24.0 Å². The van der Waals surface area contributed by atoms with E-state index >= 15 is 0 Å². The number of pyridine rings is 1. The van der Waals surface area contributed by atoms with Crippen molar-refractivity contribution in [2.75, 3.05) is 12.3 Å². The molecule has 0 bridgehead atoms. The summed E-state index contributed by atoms with van der Waals surface area (Å²) in [6.07, 6.45) is -0.548. The summed E-state index contributed by atoms with van der Waals surface area (Å²) in [4.78, 5) is 42.1. The number of carboxylic acids is 1. The van der Waals surface area contributed by atoms with Crippen molar-refractivity contribution in [1.82, 2.24) is 15.6 Å². The number of benzene rings is 3. The number of hydrogen-bond donors (Lipinski definition) is 3. The monoisotopic (exact) mass is 563 g/mol. The van der Waals surface area contributed by atoms with Gasteiger partial charge in [-0.05, 0) is 48.9 Å². The number of carbonyl (C=O) groups excluding carboxylic acids is 2. The van der Waals surface area contributed by atoms with Gasteiger partial charge in [0, 0.05) is 34.7 Å². The molecule has 8 nitrogen and oxygen atoms in total. The molecule has 0 aliphatic carbocycles. The van der Waals surface area contributed by atoms with Gasteiger partial charge < -0.3 is 20.5 Å². The third kappa shape index (κ3) is 7.72. The summed E-state index contributed by atoms with van der Waals surface area (Å²) in [6.45, 7) is 2.36. The fourth-order valence-corrected chi connectivity index (χ4v) is 5.08. The Morgan fingerprint density at radius 1 is 1.03 bits per heavy atom. The summed E-state index contributed by atoms with van der Waals surface area (Å²) in [6, 6.07) is 21.7. The standard InChI is InChI=1S/C29H26ClN3O5S/c1-18-16-26(22-7-3-5-9-24(22)32-18)39-15-14-31-29(37)38-20-12-10-19(11-13-20)17-25(28(35)36)33-27(34)21-6-2-4-8-23(21)30/h2-13,16,25H,14-15,17H2,1H3,(H,31,37)(H,33,34)(H,35,36)/t25-/m0/s1. The molecule has 1 atom stereocenters. The molecule has 39 heavy (non-hydrogen) atoms. The van der Waals surface area contributed by atoms with Crippen LogP contribution >= 0.6 is 23.4 Å². The quantitative estimate of drug-likeness (QED) is 0.172. The van der Waals surface area contributed by atoms with E-state index in [0.29, 0.717) is 23.6 Å². The lowest BCUT2D eigenvalue weighted by Gasteiger charge is -2.15. The second kappa shape index (κ2) is 13.1. The molecule has 0 unspecified atom stereocenters. The molecule has 0 aliphatic heterocycles. The summed E-state index contributed by atoms with van der Waals surface area (Å²) in [5, 5.41) is 16.1. The number of hydrogen-bond acceptors (Lipinski definition) is 6. The fourth-order valence-electron chi connectivity index (χ4n) is 3.86. The van der Waals surface area contributed by atoms with Gasteiger partial charge in [-0.1, -0.05) is 54.1 Å². The maximum Gasteiger partial charge on any atom is 0.412 e. The highest BCUT2D eigenvalue weighted by atomic mass is 35.5. The maximum absolute atomic E-state index is 12.5. The zero-order valence-electron chi connectivity index (χ0n) is 21.0. The minimum Gasteiger partial charge on any atom is -0.480 e. The summed E-state index contributed by atoms with van der Waals surface area (Å²) in [5.41, 5.74) is 2.71. The highest BCUT2D eigenvalue weighted by molar-refractivity contribution is 7.99. The Hall–Kier alpha value is -4.08. The molecule has 2 amide bonds. The number of aryl methyl sites for hydroxylation is 1. The number of fused-ring (bicyclic) bond motifs is 1. The number of ether oxygens (including phenoxy) is 1. The molecule has 4 rings (SSSR count). The summed E-state index contributed by atoms with van der Waals surface area (Å²) < 4.78 is 5.33. The van der Waals surface area contributed by atoms with E-state index in [1.54, 1.807) is 54.2 Å². The Balaban J connectivity index is 1.25. The van der Waals surface area contributed by atoms with E-state index in [2.05, 4.69) is 15.6 Å². The second-order valence-corrected chi connectivity index (χ2v) is 10.2. The summed E-state index contributed by atoms with van der Waals surface area (Å²) >= 11 is 7.67. The average molecular weight is 564 g/mol. The van der Waals surface area contributed by atoms with Gasteiger partial charge in [-0.25, -0.2) is 9.59 Å². The van der Waals surface area contributed by atoms with Crippen LogP contribution in [0.25, 0.3) is 10.9 Å². The maximum atomic E-state index is 12.5. The van der Waals surface area contributed by atoms with Gasteiger partial charge in [0.2, 0.25) is 0 Å². The van der Waals surface area contributed by atoms with Gasteiger partial charge in [0.1, 0.15) is 11.8 Å². The Bertz CT molecular complexity index is 1500. The third-order valence-corrected chi connectivity index (χ3v) is 7.12. The lowest BCUT2D eigenvalue weighted by molar-refractivity contribution is -0.139. The molecule has 0 saturated carbocycles. The molecule has 4 aromatic rings. The number of thioether (sulfide) groups is 1. The van der Waals surface area contributed by atoms with Crippen molar-refractivity contribution in [3.63, 3.8) is 0 Å². The van der Waals surface area contributed by atoms with Crippen molar-refractivity contribution >= 4 is 52.2 Å². The number of nitrogens with zero attached hydrogens (tertiary/aromatic N) is 1. The third-order valence-electron chi connectivity index (χ3n) is 5.73. The smallest absolute Gasteiger partial charge is 0.412 e. The van der Waals surface area contributed by atoms with E-state index in [9.17, 15) is 19.5 Å². The number of aromatic nitrogens is 1. The molecule has 200 valence electrons. The summed E-state index contributed by atoms with van der Waals surface area (Å²) in [5.74, 6) is -0.789. The molecule has 0 aliphatic rings. The van der Waals surface area contributed by atoms with Crippen LogP contribution in [0.4, 0.5) is 4.79 Å². The van der Waals surface area contributed by atoms with Crippen molar-refractivity contribution in [2.45, 2.75) is 24.3 Å². The normalized spacial score (nSPS) is 11.5. The molecule has 0 radical (unpaired) electrons. The molecule has 3 aromatic carbocycles. The zero-order chi connectivity index (χ0) is 27.8. The number of halogens is 1.